The molecule has 2 fully saturated rings. The van der Waals surface area contributed by atoms with Crippen LogP contribution in [0.2, 0.25) is 5.02 Å². The topological polar surface area (TPSA) is 75.7 Å². The number of aliphatic imine (C=N–C) groups is 1. The van der Waals surface area contributed by atoms with Gasteiger partial charge in [-0.25, -0.2) is 0 Å². The van der Waals surface area contributed by atoms with Crippen LogP contribution in [0, 0.1) is 0 Å². The molecular formula is C25H32ClN3O3S. The van der Waals surface area contributed by atoms with Crippen LogP contribution < -0.4 is 5.32 Å². The molecule has 0 unspecified atom stereocenters. The van der Waals surface area contributed by atoms with Crippen LogP contribution in [0.3, 0.4) is 0 Å². The second-order valence-electron chi connectivity index (χ2n) is 9.32. The van der Waals surface area contributed by atoms with Crippen LogP contribution in [0.25, 0.3) is 10.9 Å². The minimum absolute atomic E-state index is 0.0698. The fourth-order valence-electron chi connectivity index (χ4n) is 4.92. The lowest BCUT2D eigenvalue weighted by atomic mass is 9.98. The van der Waals surface area contributed by atoms with Gasteiger partial charge in [-0.3, -0.25) is 9.79 Å². The number of hydrogen-bond donors (Lipinski definition) is 2. The van der Waals surface area contributed by atoms with Crippen molar-refractivity contribution in [1.29, 1.82) is 0 Å². The lowest BCUT2D eigenvalue weighted by Gasteiger charge is -2.24. The highest BCUT2D eigenvalue weighted by Gasteiger charge is 2.24. The molecule has 2 aromatic rings. The first-order chi connectivity index (χ1) is 16.1. The van der Waals surface area contributed by atoms with Crippen molar-refractivity contribution in [2.24, 2.45) is 4.99 Å². The van der Waals surface area contributed by atoms with Crippen LogP contribution in [-0.4, -0.2) is 53.2 Å². The molecular weight excluding hydrogens is 458 g/mol. The smallest absolute Gasteiger partial charge is 0.306 e. The minimum Gasteiger partial charge on any atom is -0.462 e. The molecule has 2 N–H and O–H groups in total. The predicted octanol–water partition coefficient (Wildman–Crippen LogP) is 5.93. The molecule has 1 aliphatic carbocycles. The van der Waals surface area contributed by atoms with Crippen LogP contribution in [0.1, 0.15) is 63.5 Å². The standard InChI is InChI=1S/C25H32ClN3O3S/c26-17-12-16-13-22(29-24(16)21(14-17)27-18-8-10-31-11-9-18)25-28-19(15-33-25)6-7-23(30)32-20-4-2-1-3-5-20/h12-14,18-20,27,29H,1-11,15H2/t19-/m1/s1. The number of halogens is 1. The predicted molar refractivity (Wildman–Crippen MR) is 136 cm³/mol. The van der Waals surface area contributed by atoms with Crippen LogP contribution in [0.4, 0.5) is 5.69 Å². The van der Waals surface area contributed by atoms with Crippen molar-refractivity contribution in [2.75, 3.05) is 24.3 Å². The van der Waals surface area contributed by atoms with Crippen LogP contribution in [-0.2, 0) is 14.3 Å². The quantitative estimate of drug-likeness (QED) is 0.471. The third kappa shape index (κ3) is 5.87. The van der Waals surface area contributed by atoms with Crippen molar-refractivity contribution in [3.8, 4) is 0 Å². The van der Waals surface area contributed by atoms with Gasteiger partial charge >= 0.3 is 5.97 Å². The second-order valence-corrected chi connectivity index (χ2v) is 10.8. The van der Waals surface area contributed by atoms with E-state index in [1.807, 2.05) is 12.1 Å². The lowest BCUT2D eigenvalue weighted by molar-refractivity contribution is -0.150. The van der Waals surface area contributed by atoms with Crippen molar-refractivity contribution in [1.82, 2.24) is 4.98 Å². The largest absolute Gasteiger partial charge is 0.462 e. The normalized spacial score (nSPS) is 22.5. The summed E-state index contributed by atoms with van der Waals surface area (Å²) in [7, 11) is 0. The molecule has 33 heavy (non-hydrogen) atoms. The zero-order valence-electron chi connectivity index (χ0n) is 18.9. The van der Waals surface area contributed by atoms with Gasteiger partial charge in [0.15, 0.2) is 0 Å². The first-order valence-electron chi connectivity index (χ1n) is 12.2. The molecule has 1 aromatic carbocycles. The monoisotopic (exact) mass is 489 g/mol. The Hall–Kier alpha value is -1.70. The zero-order chi connectivity index (χ0) is 22.6. The summed E-state index contributed by atoms with van der Waals surface area (Å²) < 4.78 is 11.1. The molecule has 2 aliphatic heterocycles. The van der Waals surface area contributed by atoms with E-state index in [0.29, 0.717) is 12.5 Å². The maximum Gasteiger partial charge on any atom is 0.306 e. The molecule has 5 rings (SSSR count). The molecule has 1 saturated carbocycles. The zero-order valence-corrected chi connectivity index (χ0v) is 20.5. The number of benzene rings is 1. The van der Waals surface area contributed by atoms with E-state index in [4.69, 9.17) is 26.1 Å². The number of carbonyl (C=O) groups is 1. The average molecular weight is 490 g/mol. The first kappa shape index (κ1) is 23.1. The molecule has 0 bridgehead atoms. The number of nitrogens with one attached hydrogen (secondary N) is 2. The van der Waals surface area contributed by atoms with Gasteiger partial charge in [-0.15, -0.1) is 11.8 Å². The van der Waals surface area contributed by atoms with E-state index >= 15 is 0 Å². The van der Waals surface area contributed by atoms with Crippen LogP contribution in [0.5, 0.6) is 0 Å². The molecule has 0 spiro atoms. The summed E-state index contributed by atoms with van der Waals surface area (Å²) >= 11 is 8.17. The number of H-pyrrole nitrogens is 1. The number of hydrogen-bond acceptors (Lipinski definition) is 6. The Kier molecular flexibility index (Phi) is 7.48. The molecule has 8 heteroatoms. The molecule has 3 heterocycles. The number of rotatable bonds is 7. The van der Waals surface area contributed by atoms with E-state index in [1.54, 1.807) is 11.8 Å². The number of esters is 1. The number of fused-ring (bicyclic) bond motifs is 1. The number of aromatic nitrogens is 1. The highest BCUT2D eigenvalue weighted by atomic mass is 35.5. The number of carbonyl (C=O) groups excluding carboxylic acids is 1. The van der Waals surface area contributed by atoms with Crippen molar-refractivity contribution < 1.29 is 14.3 Å². The second kappa shape index (κ2) is 10.7. The van der Waals surface area contributed by atoms with E-state index in [1.165, 1.54) is 19.3 Å². The first-order valence-corrected chi connectivity index (χ1v) is 13.6. The molecule has 0 amide bonds. The van der Waals surface area contributed by atoms with Gasteiger partial charge in [0, 0.05) is 41.8 Å². The summed E-state index contributed by atoms with van der Waals surface area (Å²) in [6.07, 6.45) is 8.95. The molecule has 3 aliphatic rings. The van der Waals surface area contributed by atoms with E-state index in [9.17, 15) is 4.79 Å². The Morgan fingerprint density at radius 1 is 1.18 bits per heavy atom. The van der Waals surface area contributed by atoms with Gasteiger partial charge in [-0.2, -0.15) is 0 Å². The third-order valence-electron chi connectivity index (χ3n) is 6.75. The number of aromatic amines is 1. The highest BCUT2D eigenvalue weighted by Crippen LogP contribution is 2.33. The third-order valence-corrected chi connectivity index (χ3v) is 8.12. The Morgan fingerprint density at radius 2 is 2.00 bits per heavy atom. The van der Waals surface area contributed by atoms with E-state index in [-0.39, 0.29) is 18.1 Å². The minimum atomic E-state index is -0.0698. The molecule has 1 aromatic heterocycles. The summed E-state index contributed by atoms with van der Waals surface area (Å²) in [6.45, 7) is 1.58. The van der Waals surface area contributed by atoms with E-state index in [0.717, 1.165) is 83.4 Å². The summed E-state index contributed by atoms with van der Waals surface area (Å²) in [5.41, 5.74) is 3.10. The fourth-order valence-corrected chi connectivity index (χ4v) is 6.23. The maximum absolute atomic E-state index is 12.3. The Morgan fingerprint density at radius 3 is 2.82 bits per heavy atom. The average Bonchev–Trinajstić information content (AvgIpc) is 3.46. The van der Waals surface area contributed by atoms with Crippen molar-refractivity contribution in [2.45, 2.75) is 76.0 Å². The summed E-state index contributed by atoms with van der Waals surface area (Å²) in [4.78, 5) is 20.7. The van der Waals surface area contributed by atoms with Crippen molar-refractivity contribution >= 4 is 51.0 Å². The lowest BCUT2D eigenvalue weighted by Crippen LogP contribution is -2.27. The van der Waals surface area contributed by atoms with Crippen LogP contribution >= 0.6 is 23.4 Å². The van der Waals surface area contributed by atoms with Gasteiger partial charge in [0.1, 0.15) is 11.1 Å². The Labute approximate surface area is 204 Å². The summed E-state index contributed by atoms with van der Waals surface area (Å²) in [6, 6.07) is 6.65. The highest BCUT2D eigenvalue weighted by molar-refractivity contribution is 8.14. The summed E-state index contributed by atoms with van der Waals surface area (Å²) in [5.74, 6) is 0.828. The summed E-state index contributed by atoms with van der Waals surface area (Å²) in [5, 5.41) is 6.45. The van der Waals surface area contributed by atoms with Gasteiger partial charge in [0.25, 0.3) is 0 Å². The van der Waals surface area contributed by atoms with Gasteiger partial charge in [0.05, 0.1) is 22.9 Å². The van der Waals surface area contributed by atoms with Crippen LogP contribution in [0.15, 0.2) is 23.2 Å². The Bertz CT molecular complexity index is 1010. The molecule has 1 saturated heterocycles. The fraction of sp³-hybridized carbons (Fsp3) is 0.600. The number of thioether (sulfide) groups is 1. The number of ether oxygens (including phenoxy) is 2. The molecule has 6 nitrogen and oxygen atoms in total. The number of nitrogens with zero attached hydrogens (tertiary/aromatic N) is 1. The van der Waals surface area contributed by atoms with Gasteiger partial charge in [-0.05, 0) is 63.1 Å². The molecule has 178 valence electrons. The van der Waals surface area contributed by atoms with Gasteiger partial charge in [-0.1, -0.05) is 18.0 Å². The van der Waals surface area contributed by atoms with Gasteiger partial charge < -0.3 is 19.8 Å². The number of anilines is 1. The van der Waals surface area contributed by atoms with E-state index < -0.39 is 0 Å². The van der Waals surface area contributed by atoms with Gasteiger partial charge in [0.2, 0.25) is 0 Å². The Balaban J connectivity index is 1.23. The SMILES string of the molecule is O=C(CC[C@@H]1CSC(c2cc3cc(Cl)cc(NC4CCOCC4)c3[nH]2)=N1)OC1CCCCC1. The van der Waals surface area contributed by atoms with Crippen molar-refractivity contribution in [3.63, 3.8) is 0 Å². The maximum atomic E-state index is 12.3. The molecule has 0 radical (unpaired) electrons. The van der Waals surface area contributed by atoms with E-state index in [2.05, 4.69) is 16.4 Å². The molecule has 1 atom stereocenters. The van der Waals surface area contributed by atoms with Crippen molar-refractivity contribution in [3.05, 3.63) is 28.9 Å².